The first-order valence-electron chi connectivity index (χ1n) is 12.3. The molecule has 0 spiro atoms. The maximum atomic E-state index is 13.2. The Kier molecular flexibility index (Phi) is 6.68. The van der Waals surface area contributed by atoms with Crippen LogP contribution < -0.4 is 5.32 Å². The molecule has 0 atom stereocenters. The molecule has 2 aliphatic rings. The third-order valence-electron chi connectivity index (χ3n) is 7.14. The van der Waals surface area contributed by atoms with Crippen molar-refractivity contribution in [2.75, 3.05) is 0 Å². The zero-order valence-corrected chi connectivity index (χ0v) is 20.6. The van der Waals surface area contributed by atoms with E-state index in [2.05, 4.69) is 30.7 Å². The lowest BCUT2D eigenvalue weighted by molar-refractivity contribution is -0.138. The lowest BCUT2D eigenvalue weighted by atomic mass is 9.89. The van der Waals surface area contributed by atoms with Crippen LogP contribution in [-0.2, 0) is 21.5 Å². The first-order chi connectivity index (χ1) is 15.7. The van der Waals surface area contributed by atoms with E-state index in [1.165, 1.54) is 32.1 Å². The molecule has 2 aromatic heterocycles. The van der Waals surface area contributed by atoms with Crippen molar-refractivity contribution in [3.8, 4) is 11.4 Å². The number of hydrogen-bond donors (Lipinski definition) is 1. The summed E-state index contributed by atoms with van der Waals surface area (Å²) in [7, 11) is 0. The average molecular weight is 456 g/mol. The Balaban J connectivity index is 1.64. The van der Waals surface area contributed by atoms with Crippen LogP contribution in [0.1, 0.15) is 93.4 Å². The molecule has 2 aromatic rings. The summed E-state index contributed by atoms with van der Waals surface area (Å²) in [5.74, 6) is 2.02. The Labute approximate surface area is 196 Å². The highest BCUT2D eigenvalue weighted by Crippen LogP contribution is 2.35. The monoisotopic (exact) mass is 455 g/mol. The van der Waals surface area contributed by atoms with Gasteiger partial charge in [-0.05, 0) is 38.7 Å². The molecule has 4 rings (SSSR count). The first kappa shape index (κ1) is 23.6. The number of carbonyl (C=O) groups is 2. The molecule has 33 heavy (non-hydrogen) atoms. The Morgan fingerprint density at radius 2 is 1.94 bits per heavy atom. The molecule has 0 saturated heterocycles. The molecule has 0 bridgehead atoms. The van der Waals surface area contributed by atoms with Gasteiger partial charge < -0.3 is 19.0 Å². The number of rotatable bonds is 7. The van der Waals surface area contributed by atoms with Crippen molar-refractivity contribution in [2.45, 2.75) is 104 Å². The maximum absolute atomic E-state index is 13.2. The van der Waals surface area contributed by atoms with Gasteiger partial charge in [-0.15, -0.1) is 0 Å². The van der Waals surface area contributed by atoms with Crippen LogP contribution in [0.25, 0.3) is 11.4 Å². The van der Waals surface area contributed by atoms with Crippen molar-refractivity contribution in [2.24, 2.45) is 5.92 Å². The lowest BCUT2D eigenvalue weighted by Gasteiger charge is -2.34. The topological polar surface area (TPSA) is 86.4 Å². The van der Waals surface area contributed by atoms with Crippen molar-refractivity contribution >= 4 is 12.4 Å². The summed E-state index contributed by atoms with van der Waals surface area (Å²) < 4.78 is 13.3. The number of nitrogens with one attached hydrogen (secondary N) is 1. The van der Waals surface area contributed by atoms with E-state index < -0.39 is 0 Å². The number of ether oxygens (including phenoxy) is 1. The van der Waals surface area contributed by atoms with Gasteiger partial charge >= 0.3 is 0 Å². The average Bonchev–Trinajstić information content (AvgIpc) is 3.27. The van der Waals surface area contributed by atoms with Gasteiger partial charge in [0.2, 0.25) is 0 Å². The highest BCUT2D eigenvalue weighted by molar-refractivity contribution is 5.97. The molecule has 0 aliphatic heterocycles. The zero-order chi connectivity index (χ0) is 23.8. The summed E-state index contributed by atoms with van der Waals surface area (Å²) >= 11 is 0. The predicted molar refractivity (Wildman–Crippen MR) is 126 cm³/mol. The quantitative estimate of drug-likeness (QED) is 0.589. The molecule has 0 unspecified atom stereocenters. The third kappa shape index (κ3) is 5.02. The van der Waals surface area contributed by atoms with Gasteiger partial charge in [0.25, 0.3) is 12.4 Å². The molecule has 0 radical (unpaired) electrons. The summed E-state index contributed by atoms with van der Waals surface area (Å²) in [6.45, 7) is 11.6. The van der Waals surface area contributed by atoms with Crippen LogP contribution in [0.4, 0.5) is 0 Å². The number of oxazole rings is 1. The molecule has 7 nitrogen and oxygen atoms in total. The van der Waals surface area contributed by atoms with E-state index in [0.717, 1.165) is 29.4 Å². The molecule has 0 aromatic carbocycles. The Bertz CT molecular complexity index is 1000. The van der Waals surface area contributed by atoms with Gasteiger partial charge in [0.05, 0.1) is 11.3 Å². The number of hydrogen-bond acceptors (Lipinski definition) is 5. The molecule has 2 aliphatic carbocycles. The number of aromatic nitrogens is 2. The maximum Gasteiger partial charge on any atom is 0.293 e. The van der Waals surface area contributed by atoms with Crippen molar-refractivity contribution in [3.05, 3.63) is 29.0 Å². The minimum absolute atomic E-state index is 0.0354. The normalized spacial score (nSPS) is 21.5. The number of carbonyl (C=O) groups excluding carboxylic acids is 2. The van der Waals surface area contributed by atoms with E-state index in [-0.39, 0.29) is 23.5 Å². The van der Waals surface area contributed by atoms with Gasteiger partial charge in [0, 0.05) is 36.5 Å². The van der Waals surface area contributed by atoms with Crippen LogP contribution in [0.2, 0.25) is 0 Å². The number of aryl methyl sites for hydroxylation is 1. The molecule has 180 valence electrons. The van der Waals surface area contributed by atoms with Crippen LogP contribution >= 0.6 is 0 Å². The molecule has 2 fully saturated rings. The van der Waals surface area contributed by atoms with Crippen LogP contribution in [0.3, 0.4) is 0 Å². The second-order valence-corrected chi connectivity index (χ2v) is 10.8. The minimum Gasteiger partial charge on any atom is -0.464 e. The highest BCUT2D eigenvalue weighted by atomic mass is 16.5. The van der Waals surface area contributed by atoms with E-state index >= 15 is 0 Å². The van der Waals surface area contributed by atoms with Crippen LogP contribution in [0.15, 0.2) is 10.5 Å². The van der Waals surface area contributed by atoms with Gasteiger partial charge in [-0.3, -0.25) is 9.59 Å². The fraction of sp³-hybridized carbons (Fsp3) is 0.654. The summed E-state index contributed by atoms with van der Waals surface area (Å²) in [4.78, 5) is 28.6. The Morgan fingerprint density at radius 3 is 2.55 bits per heavy atom. The molecular weight excluding hydrogens is 418 g/mol. The molecule has 2 heterocycles. The first-order valence-corrected chi connectivity index (χ1v) is 12.3. The van der Waals surface area contributed by atoms with E-state index in [4.69, 9.17) is 14.1 Å². The highest BCUT2D eigenvalue weighted by Gasteiger charge is 2.33. The molecule has 1 amide bonds. The Morgan fingerprint density at radius 1 is 1.24 bits per heavy atom. The van der Waals surface area contributed by atoms with Crippen LogP contribution in [-0.4, -0.2) is 34.1 Å². The van der Waals surface area contributed by atoms with E-state index in [1.54, 1.807) is 0 Å². The molecule has 1 N–H and O–H groups in total. The van der Waals surface area contributed by atoms with Gasteiger partial charge in [-0.1, -0.05) is 40.0 Å². The lowest BCUT2D eigenvalue weighted by Crippen LogP contribution is -2.47. The summed E-state index contributed by atoms with van der Waals surface area (Å²) in [5.41, 5.74) is 3.23. The molecule has 7 heteroatoms. The summed E-state index contributed by atoms with van der Waals surface area (Å²) in [5, 5.41) is 3.11. The van der Waals surface area contributed by atoms with Crippen molar-refractivity contribution in [1.29, 1.82) is 0 Å². The van der Waals surface area contributed by atoms with Gasteiger partial charge in [-0.25, -0.2) is 4.98 Å². The fourth-order valence-corrected chi connectivity index (χ4v) is 5.03. The summed E-state index contributed by atoms with van der Waals surface area (Å²) in [6, 6.07) is 2.01. The van der Waals surface area contributed by atoms with E-state index in [0.29, 0.717) is 36.7 Å². The van der Waals surface area contributed by atoms with Crippen molar-refractivity contribution < 1.29 is 18.7 Å². The van der Waals surface area contributed by atoms with E-state index in [9.17, 15) is 9.59 Å². The van der Waals surface area contributed by atoms with Gasteiger partial charge in [-0.2, -0.15) is 0 Å². The van der Waals surface area contributed by atoms with Crippen LogP contribution in [0.5, 0.6) is 0 Å². The second kappa shape index (κ2) is 9.35. The second-order valence-electron chi connectivity index (χ2n) is 10.8. The van der Waals surface area contributed by atoms with Crippen molar-refractivity contribution in [3.63, 3.8) is 0 Å². The smallest absolute Gasteiger partial charge is 0.293 e. The third-order valence-corrected chi connectivity index (χ3v) is 7.14. The Hall–Kier alpha value is -2.57. The largest absolute Gasteiger partial charge is 0.464 e. The fourth-order valence-electron chi connectivity index (χ4n) is 5.03. The predicted octanol–water partition coefficient (Wildman–Crippen LogP) is 5.07. The van der Waals surface area contributed by atoms with Gasteiger partial charge in [0.1, 0.15) is 17.6 Å². The molecular formula is C26H37N3O4. The minimum atomic E-state index is -0.191. The number of nitrogens with zero attached hydrogens (tertiary/aromatic N) is 2. The SMILES string of the molecule is Cc1oc(C(C)(C)C)nc1-c1cc(C(=O)NC2CC(OC=O)C2)c(C)n1CC1CCCCC1. The van der Waals surface area contributed by atoms with Crippen LogP contribution in [0, 0.1) is 19.8 Å². The van der Waals surface area contributed by atoms with E-state index in [1.807, 2.05) is 19.9 Å². The summed E-state index contributed by atoms with van der Waals surface area (Å²) in [6.07, 6.45) is 7.55. The standard InChI is InChI=1S/C26H37N3O4/c1-16-21(24(31)27-19-11-20(12-19)32-15-30)13-22(29(16)14-18-9-7-6-8-10-18)23-17(2)33-25(28-23)26(3,4)5/h13,15,18-20H,6-12,14H2,1-5H3,(H,27,31). The van der Waals surface area contributed by atoms with Crippen molar-refractivity contribution in [1.82, 2.24) is 14.9 Å². The number of amides is 1. The molecule has 2 saturated carbocycles. The zero-order valence-electron chi connectivity index (χ0n) is 20.6. The van der Waals surface area contributed by atoms with Gasteiger partial charge in [0.15, 0.2) is 5.89 Å².